The lowest BCUT2D eigenvalue weighted by Gasteiger charge is -2.34. The second-order valence-corrected chi connectivity index (χ2v) is 6.82. The lowest BCUT2D eigenvalue weighted by molar-refractivity contribution is -0.129. The van der Waals surface area contributed by atoms with Crippen molar-refractivity contribution in [3.8, 4) is 0 Å². The summed E-state index contributed by atoms with van der Waals surface area (Å²) in [4.78, 5) is 13.6. The number of carbonyl (C=O) groups excluding carboxylic acids is 1. The molecule has 1 unspecified atom stereocenters. The number of carbonyl (C=O) groups is 1. The molecule has 0 aromatic heterocycles. The molecule has 1 fully saturated rings. The van der Waals surface area contributed by atoms with Gasteiger partial charge < -0.3 is 4.90 Å². The third-order valence-electron chi connectivity index (χ3n) is 2.65. The van der Waals surface area contributed by atoms with Gasteiger partial charge in [-0.25, -0.2) is 0 Å². The summed E-state index contributed by atoms with van der Waals surface area (Å²) in [5, 5.41) is 3.28. The Morgan fingerprint density at radius 1 is 1.33 bits per heavy atom. The molecule has 0 spiro atoms. The zero-order valence-corrected chi connectivity index (χ0v) is 13.3. The topological polar surface area (TPSA) is 32.3 Å². The third-order valence-corrected chi connectivity index (χ3v) is 2.65. The van der Waals surface area contributed by atoms with E-state index in [1.807, 2.05) is 4.90 Å². The fourth-order valence-electron chi connectivity index (χ4n) is 1.90. The molecule has 1 saturated heterocycles. The number of hydrogen-bond donors (Lipinski definition) is 1. The highest BCUT2D eigenvalue weighted by atomic mass is 16.2. The highest BCUT2D eigenvalue weighted by Gasteiger charge is 2.37. The molecule has 1 aliphatic heterocycles. The maximum atomic E-state index is 11.6. The van der Waals surface area contributed by atoms with Crippen molar-refractivity contribution in [2.45, 2.75) is 67.5 Å². The number of nitrogens with zero attached hydrogens (tertiary/aromatic N) is 1. The van der Waals surface area contributed by atoms with E-state index in [1.165, 1.54) is 0 Å². The van der Waals surface area contributed by atoms with Gasteiger partial charge in [-0.1, -0.05) is 54.9 Å². The van der Waals surface area contributed by atoms with Crippen molar-refractivity contribution in [2.24, 2.45) is 11.3 Å². The Balaban J connectivity index is 0.000000631. The molecule has 1 aliphatic rings. The Morgan fingerprint density at radius 2 is 1.83 bits per heavy atom. The fourth-order valence-corrected chi connectivity index (χ4v) is 1.90. The monoisotopic (exact) mass is 256 g/mol. The average Bonchev–Trinajstić information content (AvgIpc) is 2.55. The van der Waals surface area contributed by atoms with Gasteiger partial charge in [0.15, 0.2) is 0 Å². The Kier molecular flexibility index (Phi) is 7.53. The van der Waals surface area contributed by atoms with Crippen molar-refractivity contribution in [1.29, 1.82) is 0 Å². The van der Waals surface area contributed by atoms with Gasteiger partial charge in [0, 0.05) is 6.54 Å². The van der Waals surface area contributed by atoms with Crippen LogP contribution in [0.3, 0.4) is 0 Å². The van der Waals surface area contributed by atoms with E-state index in [9.17, 15) is 4.79 Å². The summed E-state index contributed by atoms with van der Waals surface area (Å²) in [6.45, 7) is 16.6. The van der Waals surface area contributed by atoms with Crippen molar-refractivity contribution in [3.63, 3.8) is 0 Å². The molecular formula is C15H32N2O. The predicted molar refractivity (Wildman–Crippen MR) is 78.4 cm³/mol. The van der Waals surface area contributed by atoms with Gasteiger partial charge in [0.25, 0.3) is 0 Å². The third kappa shape index (κ3) is 6.39. The molecule has 1 amide bonds. The second-order valence-electron chi connectivity index (χ2n) is 6.82. The van der Waals surface area contributed by atoms with Gasteiger partial charge >= 0.3 is 0 Å². The van der Waals surface area contributed by atoms with Gasteiger partial charge in [0.1, 0.15) is 0 Å². The normalized spacial score (nSPS) is 20.1. The number of rotatable bonds is 3. The number of nitrogens with one attached hydrogen (secondary N) is 1. The van der Waals surface area contributed by atoms with Crippen LogP contribution in [0.5, 0.6) is 0 Å². The minimum absolute atomic E-state index is 0.125. The van der Waals surface area contributed by atoms with Gasteiger partial charge in [0.05, 0.1) is 12.7 Å². The molecule has 0 aromatic rings. The molecule has 0 aliphatic carbocycles. The first-order chi connectivity index (χ1) is 8.20. The van der Waals surface area contributed by atoms with Gasteiger partial charge in [-0.2, -0.15) is 0 Å². The standard InChI is InChI=1S/C11H22N2O.C4H10/c1-5-6-7-13-9(14)8-12-10(13)11(2,3)4;1-4(2)3/h10,12H,5-8H2,1-4H3;4H,1-3H3. The van der Waals surface area contributed by atoms with E-state index in [0.29, 0.717) is 6.54 Å². The van der Waals surface area contributed by atoms with E-state index < -0.39 is 0 Å². The summed E-state index contributed by atoms with van der Waals surface area (Å²) in [6, 6.07) is 0. The maximum absolute atomic E-state index is 11.6. The minimum atomic E-state index is 0.125. The summed E-state index contributed by atoms with van der Waals surface area (Å²) in [5.41, 5.74) is 0.125. The van der Waals surface area contributed by atoms with Crippen molar-refractivity contribution >= 4 is 5.91 Å². The fraction of sp³-hybridized carbons (Fsp3) is 0.933. The SMILES string of the molecule is CC(C)C.CCCCN1C(=O)CNC1C(C)(C)C. The number of hydrogen-bond acceptors (Lipinski definition) is 2. The maximum Gasteiger partial charge on any atom is 0.237 e. The van der Waals surface area contributed by atoms with Crippen LogP contribution in [0.25, 0.3) is 0 Å². The molecule has 1 atom stereocenters. The lowest BCUT2D eigenvalue weighted by atomic mass is 9.92. The summed E-state index contributed by atoms with van der Waals surface area (Å²) in [5.74, 6) is 1.08. The van der Waals surface area contributed by atoms with Crippen molar-refractivity contribution < 1.29 is 4.79 Å². The first-order valence-electron chi connectivity index (χ1n) is 7.23. The van der Waals surface area contributed by atoms with Crippen molar-refractivity contribution in [1.82, 2.24) is 10.2 Å². The molecule has 0 saturated carbocycles. The Bertz CT molecular complexity index is 241. The predicted octanol–water partition coefficient (Wildman–Crippen LogP) is 3.25. The average molecular weight is 256 g/mol. The van der Waals surface area contributed by atoms with E-state index in [1.54, 1.807) is 0 Å². The van der Waals surface area contributed by atoms with E-state index >= 15 is 0 Å². The molecule has 1 rings (SSSR count). The van der Waals surface area contributed by atoms with Gasteiger partial charge in [-0.15, -0.1) is 0 Å². The molecule has 18 heavy (non-hydrogen) atoms. The molecule has 1 heterocycles. The van der Waals surface area contributed by atoms with E-state index in [2.05, 4.69) is 53.8 Å². The second kappa shape index (κ2) is 7.78. The molecule has 3 heteroatoms. The van der Waals surface area contributed by atoms with Crippen molar-refractivity contribution in [3.05, 3.63) is 0 Å². The number of unbranched alkanes of at least 4 members (excludes halogenated alkanes) is 1. The van der Waals surface area contributed by atoms with Crippen molar-refractivity contribution in [2.75, 3.05) is 13.1 Å². The van der Waals surface area contributed by atoms with Crippen LogP contribution in [0.4, 0.5) is 0 Å². The molecular weight excluding hydrogens is 224 g/mol. The molecule has 1 N–H and O–H groups in total. The van der Waals surface area contributed by atoms with Crippen LogP contribution in [0.1, 0.15) is 61.3 Å². The summed E-state index contributed by atoms with van der Waals surface area (Å²) in [7, 11) is 0. The molecule has 0 bridgehead atoms. The Morgan fingerprint density at radius 3 is 2.22 bits per heavy atom. The van der Waals surface area contributed by atoms with Crippen LogP contribution in [0, 0.1) is 11.3 Å². The largest absolute Gasteiger partial charge is 0.326 e. The van der Waals surface area contributed by atoms with Crippen LogP contribution >= 0.6 is 0 Å². The highest BCUT2D eigenvalue weighted by Crippen LogP contribution is 2.25. The van der Waals surface area contributed by atoms with Crippen LogP contribution < -0.4 is 5.32 Å². The molecule has 0 radical (unpaired) electrons. The van der Waals surface area contributed by atoms with E-state index in [0.717, 1.165) is 25.3 Å². The van der Waals surface area contributed by atoms with Gasteiger partial charge in [0.2, 0.25) is 5.91 Å². The Hall–Kier alpha value is -0.570. The van der Waals surface area contributed by atoms with Crippen LogP contribution in [0.15, 0.2) is 0 Å². The molecule has 108 valence electrons. The number of amides is 1. The van der Waals surface area contributed by atoms with Crippen LogP contribution in [-0.2, 0) is 4.79 Å². The Labute approximate surface area is 113 Å². The van der Waals surface area contributed by atoms with Crippen LogP contribution in [-0.4, -0.2) is 30.1 Å². The lowest BCUT2D eigenvalue weighted by Crippen LogP contribution is -2.47. The molecule has 0 aromatic carbocycles. The van der Waals surface area contributed by atoms with E-state index in [-0.39, 0.29) is 17.5 Å². The summed E-state index contributed by atoms with van der Waals surface area (Å²) >= 11 is 0. The van der Waals surface area contributed by atoms with E-state index in [4.69, 9.17) is 0 Å². The molecule has 3 nitrogen and oxygen atoms in total. The van der Waals surface area contributed by atoms with Gasteiger partial charge in [-0.3, -0.25) is 10.1 Å². The zero-order valence-electron chi connectivity index (χ0n) is 13.3. The first kappa shape index (κ1) is 17.4. The quantitative estimate of drug-likeness (QED) is 0.840. The minimum Gasteiger partial charge on any atom is -0.326 e. The summed E-state index contributed by atoms with van der Waals surface area (Å²) < 4.78 is 0. The first-order valence-corrected chi connectivity index (χ1v) is 7.23. The van der Waals surface area contributed by atoms with Gasteiger partial charge in [-0.05, 0) is 17.8 Å². The summed E-state index contributed by atoms with van der Waals surface area (Å²) in [6.07, 6.45) is 2.45. The highest BCUT2D eigenvalue weighted by molar-refractivity contribution is 5.80. The van der Waals surface area contributed by atoms with Crippen LogP contribution in [0.2, 0.25) is 0 Å². The zero-order chi connectivity index (χ0) is 14.3. The smallest absolute Gasteiger partial charge is 0.237 e.